The summed E-state index contributed by atoms with van der Waals surface area (Å²) in [4.78, 5) is 13.0. The Balaban J connectivity index is 2.85. The first-order chi connectivity index (χ1) is 5.09. The van der Waals surface area contributed by atoms with Crippen LogP contribution < -0.4 is 4.74 Å². The first-order valence-electron chi connectivity index (χ1n) is 2.82. The fraction of sp³-hybridized carbons (Fsp3) is 0.167. The van der Waals surface area contributed by atoms with Crippen LogP contribution in [-0.4, -0.2) is 11.0 Å². The van der Waals surface area contributed by atoms with Gasteiger partial charge in [-0.2, -0.15) is 0 Å². The van der Waals surface area contributed by atoms with Gasteiger partial charge in [0.1, 0.15) is 5.15 Å². The predicted octanol–water partition coefficient (Wildman–Crippen LogP) is 2.25. The van der Waals surface area contributed by atoms with E-state index in [-0.39, 0.29) is 10.9 Å². The molecule has 1 aromatic rings. The van der Waals surface area contributed by atoms with Crippen LogP contribution in [-0.2, 0) is 4.79 Å². The summed E-state index contributed by atoms with van der Waals surface area (Å²) in [7, 11) is 0. The largest absolute Gasteiger partial charge is 0.423 e. The molecule has 11 heavy (non-hydrogen) atoms. The Morgan fingerprint density at radius 2 is 2.27 bits per heavy atom. The molecule has 0 unspecified atom stereocenters. The molecule has 60 valence electrons. The Hall–Kier alpha value is -0.670. The van der Waals surface area contributed by atoms with Gasteiger partial charge in [-0.05, 0) is 0 Å². The summed E-state index contributed by atoms with van der Waals surface area (Å²) >= 11 is 11.1. The highest BCUT2D eigenvalue weighted by Crippen LogP contribution is 2.27. The Bertz CT molecular complexity index is 282. The van der Waals surface area contributed by atoms with Crippen LogP contribution >= 0.6 is 23.2 Å². The first-order valence-corrected chi connectivity index (χ1v) is 3.57. The van der Waals surface area contributed by atoms with E-state index >= 15 is 0 Å². The Morgan fingerprint density at radius 3 is 2.64 bits per heavy atom. The molecule has 0 aromatic carbocycles. The smallest absolute Gasteiger partial charge is 0.308 e. The lowest BCUT2D eigenvalue weighted by Crippen LogP contribution is -2.00. The van der Waals surface area contributed by atoms with Crippen molar-refractivity contribution in [3.05, 3.63) is 16.4 Å². The van der Waals surface area contributed by atoms with E-state index in [1.165, 1.54) is 13.0 Å². The Kier molecular flexibility index (Phi) is 2.42. The standard InChI is InChI=1S/C6H5Cl2NO2/c1-3(10)11-4-2-5(7)9-6(4)8/h2,9H,1H3. The lowest BCUT2D eigenvalue weighted by molar-refractivity contribution is -0.131. The summed E-state index contributed by atoms with van der Waals surface area (Å²) in [5.74, 6) is -0.174. The number of aromatic amines is 1. The quantitative estimate of drug-likeness (QED) is 0.696. The number of aromatic nitrogens is 1. The summed E-state index contributed by atoms with van der Waals surface area (Å²) in [5.41, 5.74) is 0. The third-order valence-electron chi connectivity index (χ3n) is 0.957. The molecule has 0 atom stereocenters. The van der Waals surface area contributed by atoms with Gasteiger partial charge in [0.05, 0.1) is 0 Å². The summed E-state index contributed by atoms with van der Waals surface area (Å²) in [5, 5.41) is 0.566. The van der Waals surface area contributed by atoms with Gasteiger partial charge < -0.3 is 9.72 Å². The van der Waals surface area contributed by atoms with Crippen LogP contribution in [0.2, 0.25) is 10.3 Å². The number of halogens is 2. The Morgan fingerprint density at radius 1 is 1.64 bits per heavy atom. The maximum absolute atomic E-state index is 10.4. The summed E-state index contributed by atoms with van der Waals surface area (Å²) < 4.78 is 4.68. The second-order valence-corrected chi connectivity index (χ2v) is 2.67. The van der Waals surface area contributed by atoms with Gasteiger partial charge in [0.25, 0.3) is 0 Å². The number of H-pyrrole nitrogens is 1. The van der Waals surface area contributed by atoms with Crippen molar-refractivity contribution in [2.45, 2.75) is 6.92 Å². The molecular formula is C6H5Cl2NO2. The molecular weight excluding hydrogens is 189 g/mol. The SMILES string of the molecule is CC(=O)Oc1cc(Cl)[nH]c1Cl. The molecule has 1 heterocycles. The normalized spacial score (nSPS) is 9.73. The molecule has 0 radical (unpaired) electrons. The van der Waals surface area contributed by atoms with Crippen molar-refractivity contribution < 1.29 is 9.53 Å². The van der Waals surface area contributed by atoms with Gasteiger partial charge in [0.15, 0.2) is 10.9 Å². The first kappa shape index (κ1) is 8.43. The van der Waals surface area contributed by atoms with Gasteiger partial charge in [-0.25, -0.2) is 0 Å². The van der Waals surface area contributed by atoms with Crippen molar-refractivity contribution in [3.63, 3.8) is 0 Å². The van der Waals surface area contributed by atoms with Crippen molar-refractivity contribution in [2.75, 3.05) is 0 Å². The van der Waals surface area contributed by atoms with E-state index in [4.69, 9.17) is 23.2 Å². The number of esters is 1. The number of carbonyl (C=O) groups excluding carboxylic acids is 1. The minimum absolute atomic E-state index is 0.227. The molecule has 1 N–H and O–H groups in total. The fourth-order valence-electron chi connectivity index (χ4n) is 0.610. The number of nitrogens with one attached hydrogen (secondary N) is 1. The number of hydrogen-bond acceptors (Lipinski definition) is 2. The predicted molar refractivity (Wildman–Crippen MR) is 42.1 cm³/mol. The molecule has 0 fully saturated rings. The van der Waals surface area contributed by atoms with Crippen molar-refractivity contribution in [1.29, 1.82) is 0 Å². The third-order valence-corrected chi connectivity index (χ3v) is 1.44. The Labute approximate surface area is 73.3 Å². The van der Waals surface area contributed by atoms with Gasteiger partial charge in [0.2, 0.25) is 0 Å². The van der Waals surface area contributed by atoms with Crippen LogP contribution in [0.15, 0.2) is 6.07 Å². The van der Waals surface area contributed by atoms with Crippen LogP contribution in [0.25, 0.3) is 0 Å². The monoisotopic (exact) mass is 193 g/mol. The van der Waals surface area contributed by atoms with Crippen molar-refractivity contribution in [1.82, 2.24) is 4.98 Å². The molecule has 0 bridgehead atoms. The van der Waals surface area contributed by atoms with E-state index in [1.54, 1.807) is 0 Å². The molecule has 3 nitrogen and oxygen atoms in total. The summed E-state index contributed by atoms with van der Waals surface area (Å²) in [6, 6.07) is 1.44. The van der Waals surface area contributed by atoms with Crippen molar-refractivity contribution in [2.24, 2.45) is 0 Å². The molecule has 0 aliphatic carbocycles. The van der Waals surface area contributed by atoms with Crippen LogP contribution in [0.1, 0.15) is 6.92 Å². The molecule has 0 amide bonds. The average Bonchev–Trinajstić information content (AvgIpc) is 2.09. The van der Waals surface area contributed by atoms with Crippen LogP contribution in [0.5, 0.6) is 5.75 Å². The van der Waals surface area contributed by atoms with E-state index in [2.05, 4.69) is 9.72 Å². The maximum Gasteiger partial charge on any atom is 0.308 e. The zero-order valence-electron chi connectivity index (χ0n) is 5.65. The topological polar surface area (TPSA) is 42.1 Å². The zero-order chi connectivity index (χ0) is 8.43. The van der Waals surface area contributed by atoms with Gasteiger partial charge in [-0.3, -0.25) is 4.79 Å². The van der Waals surface area contributed by atoms with Crippen molar-refractivity contribution >= 4 is 29.2 Å². The van der Waals surface area contributed by atoms with Crippen LogP contribution in [0, 0.1) is 0 Å². The molecule has 0 aliphatic heterocycles. The number of rotatable bonds is 1. The number of carbonyl (C=O) groups is 1. The van der Waals surface area contributed by atoms with Crippen LogP contribution in [0.3, 0.4) is 0 Å². The molecule has 0 saturated heterocycles. The lowest BCUT2D eigenvalue weighted by atomic mass is 10.6. The maximum atomic E-state index is 10.4. The fourth-order valence-corrected chi connectivity index (χ4v) is 1.05. The van der Waals surface area contributed by atoms with Crippen LogP contribution in [0.4, 0.5) is 0 Å². The molecule has 5 heteroatoms. The minimum atomic E-state index is -0.428. The lowest BCUT2D eigenvalue weighted by Gasteiger charge is -1.95. The van der Waals surface area contributed by atoms with E-state index in [9.17, 15) is 4.79 Å². The molecule has 1 aromatic heterocycles. The van der Waals surface area contributed by atoms with Crippen molar-refractivity contribution in [3.8, 4) is 5.75 Å². The minimum Gasteiger partial charge on any atom is -0.423 e. The van der Waals surface area contributed by atoms with E-state index in [1.807, 2.05) is 0 Å². The molecule has 1 rings (SSSR count). The zero-order valence-corrected chi connectivity index (χ0v) is 7.16. The molecule has 0 aliphatic rings. The van der Waals surface area contributed by atoms with Gasteiger partial charge in [-0.1, -0.05) is 23.2 Å². The van der Waals surface area contributed by atoms with Gasteiger partial charge >= 0.3 is 5.97 Å². The molecule has 0 saturated carbocycles. The highest BCUT2D eigenvalue weighted by atomic mass is 35.5. The molecule has 0 spiro atoms. The van der Waals surface area contributed by atoms with E-state index in [0.717, 1.165) is 0 Å². The second-order valence-electron chi connectivity index (χ2n) is 1.89. The summed E-state index contributed by atoms with van der Waals surface area (Å²) in [6.45, 7) is 1.29. The third kappa shape index (κ3) is 2.13. The second kappa shape index (κ2) is 3.15. The average molecular weight is 194 g/mol. The summed E-state index contributed by atoms with van der Waals surface area (Å²) in [6.07, 6.45) is 0. The number of ether oxygens (including phenoxy) is 1. The highest BCUT2D eigenvalue weighted by molar-refractivity contribution is 6.34. The van der Waals surface area contributed by atoms with Gasteiger partial charge in [0, 0.05) is 13.0 Å². The number of hydrogen-bond donors (Lipinski definition) is 1. The van der Waals surface area contributed by atoms with E-state index < -0.39 is 5.97 Å². The highest BCUT2D eigenvalue weighted by Gasteiger charge is 2.07. The van der Waals surface area contributed by atoms with Gasteiger partial charge in [-0.15, -0.1) is 0 Å². The van der Waals surface area contributed by atoms with E-state index in [0.29, 0.717) is 5.15 Å².